The van der Waals surface area contributed by atoms with E-state index in [-0.39, 0.29) is 48.8 Å². The molecule has 5 atom stereocenters. The second kappa shape index (κ2) is 19.5. The maximum Gasteiger partial charge on any atom is 0.347 e. The summed E-state index contributed by atoms with van der Waals surface area (Å²) in [6.07, 6.45) is 1.29. The van der Waals surface area contributed by atoms with Crippen LogP contribution < -0.4 is 16.0 Å². The zero-order chi connectivity index (χ0) is 33.6. The van der Waals surface area contributed by atoms with E-state index in [4.69, 9.17) is 4.84 Å². The zero-order valence-electron chi connectivity index (χ0n) is 28.0. The van der Waals surface area contributed by atoms with Gasteiger partial charge in [-0.25, -0.2) is 9.59 Å². The Hall–Kier alpha value is -2.77. The van der Waals surface area contributed by atoms with Gasteiger partial charge in [0.2, 0.25) is 17.7 Å². The van der Waals surface area contributed by atoms with Crippen LogP contribution in [-0.4, -0.2) is 108 Å². The molecule has 0 saturated carbocycles. The first-order chi connectivity index (χ1) is 19.9. The molecule has 5 N–H and O–H groups in total. The molecular weight excluding hydrogens is 558 g/mol. The first-order valence-electron chi connectivity index (χ1n) is 15.2. The molecule has 13 heteroatoms. The lowest BCUT2D eigenvalue weighted by molar-refractivity contribution is -0.203. The first kappa shape index (κ1) is 40.2. The minimum absolute atomic E-state index is 0.00930. The highest BCUT2D eigenvalue weighted by atomic mass is 16.7. The third kappa shape index (κ3) is 14.5. The average molecular weight is 616 g/mol. The van der Waals surface area contributed by atoms with Crippen molar-refractivity contribution in [1.82, 2.24) is 25.9 Å². The van der Waals surface area contributed by atoms with Crippen molar-refractivity contribution >= 4 is 29.7 Å². The van der Waals surface area contributed by atoms with E-state index in [0.29, 0.717) is 6.42 Å². The molecule has 13 nitrogen and oxygen atoms in total. The molecule has 0 aromatic rings. The fourth-order valence-electron chi connectivity index (χ4n) is 4.64. The minimum atomic E-state index is -1.36. The number of amides is 3. The van der Waals surface area contributed by atoms with Gasteiger partial charge < -0.3 is 35.9 Å². The molecule has 0 unspecified atom stereocenters. The van der Waals surface area contributed by atoms with Crippen LogP contribution in [0.4, 0.5) is 0 Å². The Morgan fingerprint density at radius 2 is 1.12 bits per heavy atom. The van der Waals surface area contributed by atoms with Crippen LogP contribution in [0, 0.1) is 23.7 Å². The summed E-state index contributed by atoms with van der Waals surface area (Å²) in [7, 11) is 4.37. The topological polar surface area (TPSA) is 178 Å². The van der Waals surface area contributed by atoms with Gasteiger partial charge in [0.05, 0.1) is 12.6 Å². The van der Waals surface area contributed by atoms with Gasteiger partial charge in [0.15, 0.2) is 0 Å². The zero-order valence-corrected chi connectivity index (χ0v) is 28.0. The van der Waals surface area contributed by atoms with E-state index in [1.807, 2.05) is 55.4 Å². The molecular formula is C30H57N5O8. The average Bonchev–Trinajstić information content (AvgIpc) is 2.88. The third-order valence-electron chi connectivity index (χ3n) is 6.95. The second-order valence-corrected chi connectivity index (χ2v) is 12.9. The Balaban J connectivity index is 5.87. The number of nitrogens with zero attached hydrogens (tertiary/aromatic N) is 2. The van der Waals surface area contributed by atoms with Crippen molar-refractivity contribution in [2.75, 3.05) is 27.7 Å². The molecule has 0 aliphatic carbocycles. The summed E-state index contributed by atoms with van der Waals surface area (Å²) in [6, 6.07) is -5.03. The van der Waals surface area contributed by atoms with Crippen LogP contribution in [0.1, 0.15) is 81.1 Å². The summed E-state index contributed by atoms with van der Waals surface area (Å²) in [5.74, 6) is -3.40. The van der Waals surface area contributed by atoms with Crippen LogP contribution in [0.5, 0.6) is 0 Å². The number of aliphatic carboxylic acids is 1. The van der Waals surface area contributed by atoms with Gasteiger partial charge in [-0.2, -0.15) is 0 Å². The predicted octanol–water partition coefficient (Wildman–Crippen LogP) is 1.39. The van der Waals surface area contributed by atoms with Gasteiger partial charge in [-0.1, -0.05) is 55.4 Å². The van der Waals surface area contributed by atoms with Crippen LogP contribution in [0.3, 0.4) is 0 Å². The van der Waals surface area contributed by atoms with Gasteiger partial charge in [-0.3, -0.25) is 14.4 Å². The van der Waals surface area contributed by atoms with Gasteiger partial charge >= 0.3 is 11.9 Å². The van der Waals surface area contributed by atoms with Crippen molar-refractivity contribution in [1.29, 1.82) is 0 Å². The van der Waals surface area contributed by atoms with Gasteiger partial charge in [0.25, 0.3) is 0 Å². The molecule has 0 bridgehead atoms. The number of carbonyl (C=O) groups excluding carboxylic acids is 4. The van der Waals surface area contributed by atoms with Crippen LogP contribution in [0.25, 0.3) is 0 Å². The molecule has 0 spiro atoms. The Morgan fingerprint density at radius 1 is 0.674 bits per heavy atom. The van der Waals surface area contributed by atoms with Gasteiger partial charge in [-0.15, -0.1) is 5.06 Å². The fourth-order valence-corrected chi connectivity index (χ4v) is 4.64. The summed E-state index contributed by atoms with van der Waals surface area (Å²) in [4.78, 5) is 71.3. The molecule has 0 saturated heterocycles. The van der Waals surface area contributed by atoms with Crippen molar-refractivity contribution < 1.29 is 39.0 Å². The lowest BCUT2D eigenvalue weighted by Gasteiger charge is -2.34. The van der Waals surface area contributed by atoms with Crippen molar-refractivity contribution in [3.05, 3.63) is 0 Å². The first-order valence-corrected chi connectivity index (χ1v) is 15.2. The number of hydrogen-bond donors (Lipinski definition) is 5. The van der Waals surface area contributed by atoms with Crippen LogP contribution >= 0.6 is 0 Å². The van der Waals surface area contributed by atoms with Crippen molar-refractivity contribution in [2.45, 2.75) is 111 Å². The van der Waals surface area contributed by atoms with Gasteiger partial charge in [0, 0.05) is 14.1 Å². The molecule has 0 heterocycles. The Bertz CT molecular complexity index is 911. The third-order valence-corrected chi connectivity index (χ3v) is 6.95. The molecule has 0 aliphatic rings. The largest absolute Gasteiger partial charge is 0.480 e. The number of carbonyl (C=O) groups is 5. The smallest absolute Gasteiger partial charge is 0.347 e. The second-order valence-electron chi connectivity index (χ2n) is 12.9. The Morgan fingerprint density at radius 3 is 1.53 bits per heavy atom. The highest BCUT2D eigenvalue weighted by molar-refractivity contribution is 5.92. The lowest BCUT2D eigenvalue weighted by atomic mass is 9.99. The minimum Gasteiger partial charge on any atom is -0.480 e. The summed E-state index contributed by atoms with van der Waals surface area (Å²) >= 11 is 0. The van der Waals surface area contributed by atoms with Gasteiger partial charge in [0.1, 0.15) is 24.2 Å². The quantitative estimate of drug-likeness (QED) is 0.126. The molecule has 0 rings (SSSR count). The molecule has 0 aromatic carbocycles. The number of carboxylic acid groups (broad SMARTS) is 1. The summed E-state index contributed by atoms with van der Waals surface area (Å²) in [6.45, 7) is 14.4. The van der Waals surface area contributed by atoms with Crippen LogP contribution in [0.15, 0.2) is 0 Å². The van der Waals surface area contributed by atoms with E-state index < -0.39 is 60.6 Å². The number of aliphatic hydroxyl groups is 1. The highest BCUT2D eigenvalue weighted by Gasteiger charge is 2.37. The molecule has 0 aliphatic heterocycles. The number of hydrogen-bond acceptors (Lipinski definition) is 9. The van der Waals surface area contributed by atoms with Crippen LogP contribution in [0.2, 0.25) is 0 Å². The number of hydroxylamine groups is 2. The number of nitrogens with one attached hydrogen (secondary N) is 3. The van der Waals surface area contributed by atoms with Gasteiger partial charge in [-0.05, 0) is 56.4 Å². The molecule has 0 aromatic heterocycles. The number of aliphatic hydroxyl groups excluding tert-OH is 1. The van der Waals surface area contributed by atoms with Crippen molar-refractivity contribution in [3.63, 3.8) is 0 Å². The molecule has 3 amide bonds. The summed E-state index contributed by atoms with van der Waals surface area (Å²) < 4.78 is 0. The maximum absolute atomic E-state index is 13.5. The molecule has 43 heavy (non-hydrogen) atoms. The summed E-state index contributed by atoms with van der Waals surface area (Å²) in [5, 5.41) is 28.9. The monoisotopic (exact) mass is 615 g/mol. The Labute approximate surface area is 257 Å². The number of carboxylic acids is 1. The van der Waals surface area contributed by atoms with E-state index in [1.54, 1.807) is 7.05 Å². The SMILES string of the molecule is CN[C@@H](CC(C)C)C(=O)N[C@@H](CC(C)C)C(=O)ON(C)[C@H](CO)C(=O)N(C)[C@@H](CC(C)C)C(=O)N[C@@H](CC(C)C)C(=O)O. The molecule has 0 radical (unpaired) electrons. The summed E-state index contributed by atoms with van der Waals surface area (Å²) in [5.41, 5.74) is 0. The van der Waals surface area contributed by atoms with Crippen molar-refractivity contribution in [3.8, 4) is 0 Å². The van der Waals surface area contributed by atoms with E-state index in [2.05, 4.69) is 16.0 Å². The Kier molecular flexibility index (Phi) is 18.2. The van der Waals surface area contributed by atoms with E-state index in [9.17, 15) is 34.2 Å². The fraction of sp³-hybridized carbons (Fsp3) is 0.833. The number of likely N-dealkylation sites (N-methyl/N-ethyl adjacent to an activating group) is 3. The van der Waals surface area contributed by atoms with E-state index in [0.717, 1.165) is 9.96 Å². The molecule has 250 valence electrons. The van der Waals surface area contributed by atoms with Crippen molar-refractivity contribution in [2.24, 2.45) is 23.7 Å². The van der Waals surface area contributed by atoms with E-state index in [1.165, 1.54) is 14.1 Å². The molecule has 0 fully saturated rings. The highest BCUT2D eigenvalue weighted by Crippen LogP contribution is 2.16. The normalized spacial score (nSPS) is 15.3. The number of rotatable bonds is 20. The van der Waals surface area contributed by atoms with E-state index >= 15 is 0 Å². The standard InChI is InChI=1S/C30H57N5O8/c1-17(2)12-21(31-9)26(37)33-23(14-19(5)6)30(42)43-35(11)25(16-36)28(39)34(10)24(15-20(7)8)27(38)32-22(29(40)41)13-18(3)4/h17-25,31,36H,12-16H2,1-11H3,(H,32,38)(H,33,37)(H,40,41)/t21-,22-,23-,24-,25+/m0/s1. The lowest BCUT2D eigenvalue weighted by Crippen LogP contribution is -2.57. The maximum atomic E-state index is 13.5. The van der Waals surface area contributed by atoms with Crippen LogP contribution in [-0.2, 0) is 28.8 Å². The predicted molar refractivity (Wildman–Crippen MR) is 163 cm³/mol.